The van der Waals surface area contributed by atoms with E-state index in [0.29, 0.717) is 26.4 Å². The minimum atomic E-state index is -0.695. The molecule has 0 amide bonds. The molecule has 0 aromatic heterocycles. The summed E-state index contributed by atoms with van der Waals surface area (Å²) >= 11 is 0. The van der Waals surface area contributed by atoms with Crippen LogP contribution < -0.4 is 0 Å². The maximum atomic E-state index is 6.33. The number of rotatable bonds is 8. The monoisotopic (exact) mass is 405 g/mol. The Labute approximate surface area is 179 Å². The molecule has 1 unspecified atom stereocenters. The van der Waals surface area contributed by atoms with Crippen molar-refractivity contribution < 1.29 is 14.2 Å². The van der Waals surface area contributed by atoms with Crippen molar-refractivity contribution in [3.8, 4) is 0 Å². The van der Waals surface area contributed by atoms with Crippen LogP contribution in [0.3, 0.4) is 0 Å². The molecular formula is C26H31NO3. The predicted molar refractivity (Wildman–Crippen MR) is 120 cm³/mol. The molecule has 0 saturated carbocycles. The molecule has 4 rings (SSSR count). The van der Waals surface area contributed by atoms with E-state index < -0.39 is 5.79 Å². The molecule has 1 heterocycles. The molecule has 0 radical (unpaired) electrons. The minimum absolute atomic E-state index is 0.457. The van der Waals surface area contributed by atoms with Crippen LogP contribution in [0, 0.1) is 0 Å². The molecular weight excluding hydrogens is 374 g/mol. The summed E-state index contributed by atoms with van der Waals surface area (Å²) in [4.78, 5) is 2.46. The van der Waals surface area contributed by atoms with Crippen molar-refractivity contribution in [2.75, 3.05) is 32.9 Å². The van der Waals surface area contributed by atoms with Crippen molar-refractivity contribution in [1.82, 2.24) is 4.90 Å². The normalized spacial score (nSPS) is 20.3. The summed E-state index contributed by atoms with van der Waals surface area (Å²) in [5, 5.41) is 2.61. The van der Waals surface area contributed by atoms with Crippen LogP contribution in [0.15, 0.2) is 72.8 Å². The zero-order chi connectivity index (χ0) is 20.7. The number of hydrogen-bond donors (Lipinski definition) is 0. The first-order valence-electron chi connectivity index (χ1n) is 10.9. The van der Waals surface area contributed by atoms with Crippen LogP contribution in [-0.2, 0) is 27.4 Å². The van der Waals surface area contributed by atoms with E-state index in [1.54, 1.807) is 0 Å². The van der Waals surface area contributed by atoms with E-state index in [2.05, 4.69) is 59.5 Å². The molecule has 0 bridgehead atoms. The minimum Gasteiger partial charge on any atom is -0.376 e. The fraction of sp³-hybridized carbons (Fsp3) is 0.385. The molecule has 0 N–H and O–H groups in total. The molecule has 1 aliphatic rings. The van der Waals surface area contributed by atoms with E-state index in [9.17, 15) is 0 Å². The van der Waals surface area contributed by atoms with Gasteiger partial charge in [0, 0.05) is 32.7 Å². The highest BCUT2D eigenvalue weighted by Gasteiger charge is 2.35. The fourth-order valence-electron chi connectivity index (χ4n) is 4.02. The van der Waals surface area contributed by atoms with Crippen LogP contribution in [0.2, 0.25) is 0 Å². The van der Waals surface area contributed by atoms with Crippen LogP contribution in [0.5, 0.6) is 0 Å². The molecule has 158 valence electrons. The second-order valence-corrected chi connectivity index (χ2v) is 7.83. The maximum Gasteiger partial charge on any atom is 0.193 e. The lowest BCUT2D eigenvalue weighted by Crippen LogP contribution is -2.41. The van der Waals surface area contributed by atoms with Gasteiger partial charge in [-0.15, -0.1) is 0 Å². The lowest BCUT2D eigenvalue weighted by Gasteiger charge is -2.32. The van der Waals surface area contributed by atoms with E-state index in [0.717, 1.165) is 31.6 Å². The molecule has 1 saturated heterocycles. The Kier molecular flexibility index (Phi) is 7.13. The summed E-state index contributed by atoms with van der Waals surface area (Å²) < 4.78 is 18.4. The molecule has 1 fully saturated rings. The molecule has 3 aromatic rings. The van der Waals surface area contributed by atoms with Crippen LogP contribution in [0.25, 0.3) is 10.8 Å². The number of benzene rings is 3. The fourth-order valence-corrected chi connectivity index (χ4v) is 4.02. The van der Waals surface area contributed by atoms with Gasteiger partial charge in [0.25, 0.3) is 0 Å². The molecule has 0 aliphatic carbocycles. The van der Waals surface area contributed by atoms with Crippen molar-refractivity contribution in [2.45, 2.75) is 32.3 Å². The van der Waals surface area contributed by atoms with Crippen LogP contribution >= 0.6 is 0 Å². The van der Waals surface area contributed by atoms with Crippen molar-refractivity contribution in [1.29, 1.82) is 0 Å². The second kappa shape index (κ2) is 10.2. The van der Waals surface area contributed by atoms with Crippen LogP contribution in [-0.4, -0.2) is 43.6 Å². The van der Waals surface area contributed by atoms with Gasteiger partial charge in [0.2, 0.25) is 0 Å². The Morgan fingerprint density at radius 1 is 0.933 bits per heavy atom. The lowest BCUT2D eigenvalue weighted by molar-refractivity contribution is -0.264. The van der Waals surface area contributed by atoms with Gasteiger partial charge in [0.15, 0.2) is 5.79 Å². The van der Waals surface area contributed by atoms with E-state index in [1.807, 2.05) is 25.1 Å². The van der Waals surface area contributed by atoms with Gasteiger partial charge in [-0.05, 0) is 28.8 Å². The highest BCUT2D eigenvalue weighted by atomic mass is 16.7. The highest BCUT2D eigenvalue weighted by molar-refractivity contribution is 5.85. The van der Waals surface area contributed by atoms with Gasteiger partial charge >= 0.3 is 0 Å². The average Bonchev–Trinajstić information content (AvgIpc) is 3.00. The van der Waals surface area contributed by atoms with E-state index in [-0.39, 0.29) is 0 Å². The number of ether oxygens (including phenoxy) is 3. The molecule has 1 atom stereocenters. The van der Waals surface area contributed by atoms with Gasteiger partial charge in [-0.3, -0.25) is 4.90 Å². The van der Waals surface area contributed by atoms with Crippen molar-refractivity contribution >= 4 is 10.8 Å². The third-order valence-electron chi connectivity index (χ3n) is 5.73. The van der Waals surface area contributed by atoms with Crippen molar-refractivity contribution in [3.05, 3.63) is 83.9 Å². The average molecular weight is 406 g/mol. The third-order valence-corrected chi connectivity index (χ3v) is 5.73. The highest BCUT2D eigenvalue weighted by Crippen LogP contribution is 2.26. The number of hydrogen-bond acceptors (Lipinski definition) is 4. The number of fused-ring (bicyclic) bond motifs is 1. The number of nitrogens with zero attached hydrogens (tertiary/aromatic N) is 1. The van der Waals surface area contributed by atoms with E-state index >= 15 is 0 Å². The first-order chi connectivity index (χ1) is 14.8. The molecule has 4 heteroatoms. The molecule has 4 nitrogen and oxygen atoms in total. The van der Waals surface area contributed by atoms with Gasteiger partial charge in [-0.25, -0.2) is 0 Å². The van der Waals surface area contributed by atoms with Crippen molar-refractivity contribution in [2.24, 2.45) is 0 Å². The zero-order valence-corrected chi connectivity index (χ0v) is 17.8. The topological polar surface area (TPSA) is 30.9 Å². The van der Waals surface area contributed by atoms with Gasteiger partial charge in [-0.2, -0.15) is 0 Å². The van der Waals surface area contributed by atoms with Gasteiger partial charge in [0.05, 0.1) is 13.2 Å². The Morgan fingerprint density at radius 3 is 2.60 bits per heavy atom. The zero-order valence-electron chi connectivity index (χ0n) is 17.8. The maximum absolute atomic E-state index is 6.33. The Bertz CT molecular complexity index is 924. The Hall–Kier alpha value is -2.24. The third kappa shape index (κ3) is 5.27. The molecule has 0 spiro atoms. The standard InChI is InChI=1S/C26H31NO3/c1-2-28-21-26(30-20-22-9-4-3-5-10-22)15-16-27(17-18-29-26)19-24-13-8-12-23-11-6-7-14-25(23)24/h3-14H,2,15-21H2,1H3. The SMILES string of the molecule is CCOCC1(OCc2ccccc2)CCN(Cc2cccc3ccccc23)CCO1. The summed E-state index contributed by atoms with van der Waals surface area (Å²) in [5.74, 6) is -0.695. The van der Waals surface area contributed by atoms with E-state index in [1.165, 1.54) is 16.3 Å². The summed E-state index contributed by atoms with van der Waals surface area (Å²) in [6.45, 7) is 6.97. The summed E-state index contributed by atoms with van der Waals surface area (Å²) in [6.07, 6.45) is 0.782. The van der Waals surface area contributed by atoms with Crippen molar-refractivity contribution in [3.63, 3.8) is 0 Å². The summed E-state index contributed by atoms with van der Waals surface area (Å²) in [5.41, 5.74) is 2.50. The summed E-state index contributed by atoms with van der Waals surface area (Å²) in [7, 11) is 0. The quantitative estimate of drug-likeness (QED) is 0.527. The van der Waals surface area contributed by atoms with E-state index in [4.69, 9.17) is 14.2 Å². The largest absolute Gasteiger partial charge is 0.376 e. The summed E-state index contributed by atoms with van der Waals surface area (Å²) in [6, 6.07) is 25.4. The first-order valence-corrected chi connectivity index (χ1v) is 10.9. The van der Waals surface area contributed by atoms with Crippen LogP contribution in [0.4, 0.5) is 0 Å². The molecule has 1 aliphatic heterocycles. The molecule has 3 aromatic carbocycles. The lowest BCUT2D eigenvalue weighted by atomic mass is 10.0. The smallest absolute Gasteiger partial charge is 0.193 e. The Balaban J connectivity index is 1.44. The van der Waals surface area contributed by atoms with Gasteiger partial charge < -0.3 is 14.2 Å². The van der Waals surface area contributed by atoms with Gasteiger partial charge in [-0.1, -0.05) is 72.8 Å². The first kappa shape index (κ1) is 21.0. The molecule has 30 heavy (non-hydrogen) atoms. The predicted octanol–water partition coefficient (Wildman–Crippen LogP) is 5.01. The Morgan fingerprint density at radius 2 is 1.73 bits per heavy atom. The van der Waals surface area contributed by atoms with Gasteiger partial charge in [0.1, 0.15) is 6.61 Å². The second-order valence-electron chi connectivity index (χ2n) is 7.83. The van der Waals surface area contributed by atoms with Crippen LogP contribution in [0.1, 0.15) is 24.5 Å².